The summed E-state index contributed by atoms with van der Waals surface area (Å²) in [6.45, 7) is 5.26. The molecule has 1 amide bonds. The molecule has 1 fully saturated rings. The fraction of sp³-hybridized carbons (Fsp3) is 0.409. The van der Waals surface area contributed by atoms with Gasteiger partial charge in [-0.05, 0) is 18.2 Å². The number of imidazole rings is 1. The van der Waals surface area contributed by atoms with Gasteiger partial charge in [0.2, 0.25) is 5.91 Å². The van der Waals surface area contributed by atoms with Crippen molar-refractivity contribution in [3.63, 3.8) is 0 Å². The summed E-state index contributed by atoms with van der Waals surface area (Å²) in [6.07, 6.45) is 1.56. The van der Waals surface area contributed by atoms with Crippen LogP contribution < -0.4 is 9.47 Å². The van der Waals surface area contributed by atoms with Crippen LogP contribution in [0.3, 0.4) is 0 Å². The second-order valence-electron chi connectivity index (χ2n) is 7.76. The Kier molecular flexibility index (Phi) is 5.81. The molecule has 4 rings (SSSR count). The number of fused-ring (bicyclic) bond motifs is 1. The molecule has 7 nitrogen and oxygen atoms in total. The Morgan fingerprint density at radius 1 is 1.23 bits per heavy atom. The van der Waals surface area contributed by atoms with Crippen LogP contribution in [0.15, 0.2) is 30.3 Å². The van der Waals surface area contributed by atoms with Crippen LogP contribution in [0.4, 0.5) is 0 Å². The number of rotatable bonds is 5. The average Bonchev–Trinajstić information content (AvgIpc) is 3.14. The van der Waals surface area contributed by atoms with Gasteiger partial charge in [-0.1, -0.05) is 37.6 Å². The number of piperidine rings is 1. The number of methoxy groups -OCH3 is 1. The summed E-state index contributed by atoms with van der Waals surface area (Å²) in [5.41, 5.74) is 2.75. The number of H-pyrrole nitrogens is 1. The molecule has 1 aliphatic heterocycles. The molecule has 0 radical (unpaired) electrons. The SMILES string of the molecule is COc1cccc(-c2nc3nc(OC4CCN(C(=O)C(C)C)CC4)[nH]c3cc2Cl)c1. The van der Waals surface area contributed by atoms with Crippen LogP contribution in [-0.4, -0.2) is 52.1 Å². The van der Waals surface area contributed by atoms with Crippen molar-refractivity contribution < 1.29 is 14.3 Å². The number of aromatic amines is 1. The minimum Gasteiger partial charge on any atom is -0.497 e. The predicted octanol–water partition coefficient (Wildman–Crippen LogP) is 4.31. The van der Waals surface area contributed by atoms with Gasteiger partial charge >= 0.3 is 0 Å². The van der Waals surface area contributed by atoms with Crippen molar-refractivity contribution in [2.75, 3.05) is 20.2 Å². The highest BCUT2D eigenvalue weighted by molar-refractivity contribution is 6.33. The van der Waals surface area contributed by atoms with Crippen LogP contribution >= 0.6 is 11.6 Å². The molecule has 0 unspecified atom stereocenters. The number of pyridine rings is 1. The van der Waals surface area contributed by atoms with E-state index in [2.05, 4.69) is 15.0 Å². The van der Waals surface area contributed by atoms with Crippen molar-refractivity contribution in [1.82, 2.24) is 19.9 Å². The lowest BCUT2D eigenvalue weighted by atomic mass is 10.1. The lowest BCUT2D eigenvalue weighted by Gasteiger charge is -2.32. The van der Waals surface area contributed by atoms with Gasteiger partial charge in [0.15, 0.2) is 5.65 Å². The fourth-order valence-electron chi connectivity index (χ4n) is 3.64. The summed E-state index contributed by atoms with van der Waals surface area (Å²) in [5, 5.41) is 0.520. The maximum Gasteiger partial charge on any atom is 0.296 e. The first-order chi connectivity index (χ1) is 14.4. The zero-order valence-corrected chi connectivity index (χ0v) is 18.1. The molecular formula is C22H25ClN4O3. The van der Waals surface area contributed by atoms with E-state index in [0.29, 0.717) is 41.0 Å². The van der Waals surface area contributed by atoms with E-state index in [1.54, 1.807) is 7.11 Å². The second kappa shape index (κ2) is 8.52. The molecular weight excluding hydrogens is 404 g/mol. The number of halogens is 1. The lowest BCUT2D eigenvalue weighted by Crippen LogP contribution is -2.43. The van der Waals surface area contributed by atoms with Crippen molar-refractivity contribution in [2.24, 2.45) is 5.92 Å². The van der Waals surface area contributed by atoms with Gasteiger partial charge in [0.25, 0.3) is 6.01 Å². The Balaban J connectivity index is 1.50. The van der Waals surface area contributed by atoms with Crippen molar-refractivity contribution >= 4 is 28.7 Å². The van der Waals surface area contributed by atoms with Gasteiger partial charge in [0, 0.05) is 37.4 Å². The van der Waals surface area contributed by atoms with Crippen LogP contribution in [-0.2, 0) is 4.79 Å². The summed E-state index contributed by atoms with van der Waals surface area (Å²) < 4.78 is 11.3. The summed E-state index contributed by atoms with van der Waals surface area (Å²) in [5.74, 6) is 0.951. The molecule has 0 aliphatic carbocycles. The van der Waals surface area contributed by atoms with Gasteiger partial charge in [-0.3, -0.25) is 4.79 Å². The second-order valence-corrected chi connectivity index (χ2v) is 8.17. The maximum atomic E-state index is 12.1. The number of carbonyl (C=O) groups excluding carboxylic acids is 1. The van der Waals surface area contributed by atoms with Gasteiger partial charge in [0.05, 0.1) is 23.3 Å². The van der Waals surface area contributed by atoms with Gasteiger partial charge in [-0.15, -0.1) is 0 Å². The predicted molar refractivity (Wildman–Crippen MR) is 116 cm³/mol. The molecule has 3 heterocycles. The molecule has 1 aromatic carbocycles. The molecule has 1 aliphatic rings. The summed E-state index contributed by atoms with van der Waals surface area (Å²) in [7, 11) is 1.62. The maximum absolute atomic E-state index is 12.1. The van der Waals surface area contributed by atoms with E-state index in [0.717, 1.165) is 24.2 Å². The highest BCUT2D eigenvalue weighted by atomic mass is 35.5. The Bertz CT molecular complexity index is 1060. The zero-order valence-electron chi connectivity index (χ0n) is 17.3. The number of ether oxygens (including phenoxy) is 2. The van der Waals surface area contributed by atoms with E-state index in [1.165, 1.54) is 0 Å². The smallest absolute Gasteiger partial charge is 0.296 e. The first kappa shape index (κ1) is 20.5. The summed E-state index contributed by atoms with van der Waals surface area (Å²) in [4.78, 5) is 26.3. The number of hydrogen-bond acceptors (Lipinski definition) is 5. The summed E-state index contributed by atoms with van der Waals surface area (Å²) >= 11 is 6.48. The monoisotopic (exact) mass is 428 g/mol. The molecule has 0 bridgehead atoms. The van der Waals surface area contributed by atoms with Gasteiger partial charge in [-0.25, -0.2) is 4.98 Å². The molecule has 0 atom stereocenters. The molecule has 0 spiro atoms. The minimum absolute atomic E-state index is 0.00935. The van der Waals surface area contributed by atoms with Gasteiger partial charge < -0.3 is 19.4 Å². The first-order valence-electron chi connectivity index (χ1n) is 10.1. The third kappa shape index (κ3) is 4.21. The standard InChI is InChI=1S/C22H25ClN4O3/c1-13(2)21(28)27-9-7-15(8-10-27)30-22-24-18-12-17(23)19(25-20(18)26-22)14-5-4-6-16(11-14)29-3/h4-6,11-13,15H,7-10H2,1-3H3,(H,24,25,26). The molecule has 1 saturated heterocycles. The number of carbonyl (C=O) groups is 1. The van der Waals surface area contributed by atoms with E-state index in [-0.39, 0.29) is 17.9 Å². The number of hydrogen-bond donors (Lipinski definition) is 1. The number of likely N-dealkylation sites (tertiary alicyclic amines) is 1. The molecule has 0 saturated carbocycles. The number of nitrogens with zero attached hydrogens (tertiary/aromatic N) is 3. The fourth-order valence-corrected chi connectivity index (χ4v) is 3.90. The van der Waals surface area contributed by atoms with Crippen molar-refractivity contribution in [2.45, 2.75) is 32.8 Å². The van der Waals surface area contributed by atoms with Crippen LogP contribution in [0.25, 0.3) is 22.4 Å². The summed E-state index contributed by atoms with van der Waals surface area (Å²) in [6, 6.07) is 9.81. The molecule has 1 N–H and O–H groups in total. The van der Waals surface area contributed by atoms with E-state index in [4.69, 9.17) is 21.1 Å². The molecule has 3 aromatic rings. The van der Waals surface area contributed by atoms with E-state index >= 15 is 0 Å². The average molecular weight is 429 g/mol. The van der Waals surface area contributed by atoms with Gasteiger partial charge in [-0.2, -0.15) is 4.98 Å². The van der Waals surface area contributed by atoms with E-state index in [9.17, 15) is 4.79 Å². The molecule has 8 heteroatoms. The molecule has 158 valence electrons. The number of benzene rings is 1. The molecule has 2 aromatic heterocycles. The zero-order chi connectivity index (χ0) is 21.3. The Morgan fingerprint density at radius 2 is 2.00 bits per heavy atom. The Labute approximate surface area is 180 Å². The topological polar surface area (TPSA) is 80.3 Å². The van der Waals surface area contributed by atoms with Crippen LogP contribution in [0.1, 0.15) is 26.7 Å². The van der Waals surface area contributed by atoms with Crippen LogP contribution in [0.2, 0.25) is 5.02 Å². The van der Waals surface area contributed by atoms with Gasteiger partial charge in [0.1, 0.15) is 11.9 Å². The highest BCUT2D eigenvalue weighted by Gasteiger charge is 2.26. The van der Waals surface area contributed by atoms with E-state index in [1.807, 2.05) is 49.1 Å². The largest absolute Gasteiger partial charge is 0.497 e. The Hall–Kier alpha value is -2.80. The Morgan fingerprint density at radius 3 is 2.70 bits per heavy atom. The normalized spacial score (nSPS) is 15.0. The minimum atomic E-state index is 0.00935. The van der Waals surface area contributed by atoms with Crippen LogP contribution in [0, 0.1) is 5.92 Å². The quantitative estimate of drug-likeness (QED) is 0.654. The third-order valence-corrected chi connectivity index (χ3v) is 5.56. The van der Waals surface area contributed by atoms with Crippen molar-refractivity contribution in [3.05, 3.63) is 35.4 Å². The third-order valence-electron chi connectivity index (χ3n) is 5.27. The number of aromatic nitrogens is 3. The number of nitrogens with one attached hydrogen (secondary N) is 1. The van der Waals surface area contributed by atoms with Crippen molar-refractivity contribution in [3.8, 4) is 23.0 Å². The highest BCUT2D eigenvalue weighted by Crippen LogP contribution is 2.31. The first-order valence-corrected chi connectivity index (χ1v) is 10.5. The molecule has 30 heavy (non-hydrogen) atoms. The van der Waals surface area contributed by atoms with Crippen molar-refractivity contribution in [1.29, 1.82) is 0 Å². The lowest BCUT2D eigenvalue weighted by molar-refractivity contribution is -0.136. The van der Waals surface area contributed by atoms with Crippen LogP contribution in [0.5, 0.6) is 11.8 Å². The number of amides is 1. The van der Waals surface area contributed by atoms with E-state index < -0.39 is 0 Å².